The van der Waals surface area contributed by atoms with E-state index < -0.39 is 16.8 Å². The molecule has 2 amide bonds. The van der Waals surface area contributed by atoms with Gasteiger partial charge in [0.2, 0.25) is 11.8 Å². The van der Waals surface area contributed by atoms with Gasteiger partial charge in [0.1, 0.15) is 5.82 Å². The lowest BCUT2D eigenvalue weighted by molar-refractivity contribution is -0.384. The molecule has 1 saturated heterocycles. The molecule has 0 bridgehead atoms. The summed E-state index contributed by atoms with van der Waals surface area (Å²) in [5, 5.41) is 16.6. The van der Waals surface area contributed by atoms with Gasteiger partial charge in [-0.25, -0.2) is 4.39 Å². The molecule has 0 radical (unpaired) electrons. The molecule has 10 heteroatoms. The third kappa shape index (κ3) is 5.11. The average molecular weight is 435 g/mol. The number of nitrogens with zero attached hydrogens (tertiary/aromatic N) is 2. The molecule has 2 aromatic carbocycles. The average Bonchev–Trinajstić information content (AvgIpc) is 3.04. The van der Waals surface area contributed by atoms with Gasteiger partial charge in [-0.3, -0.25) is 19.7 Å². The predicted molar refractivity (Wildman–Crippen MR) is 111 cm³/mol. The Balaban J connectivity index is 1.54. The van der Waals surface area contributed by atoms with Gasteiger partial charge in [0.15, 0.2) is 0 Å². The first kappa shape index (κ1) is 21.7. The Kier molecular flexibility index (Phi) is 6.63. The fourth-order valence-corrected chi connectivity index (χ4v) is 3.45. The third-order valence-corrected chi connectivity index (χ3v) is 5.04. The number of non-ortho nitro benzene ring substituents is 1. The summed E-state index contributed by atoms with van der Waals surface area (Å²) in [5.74, 6) is -1.13. The predicted octanol–water partition coefficient (Wildman–Crippen LogP) is 3.50. The van der Waals surface area contributed by atoms with Gasteiger partial charge in [-0.05, 0) is 37.6 Å². The fraction of sp³-hybridized carbons (Fsp3) is 0.300. The van der Waals surface area contributed by atoms with Crippen molar-refractivity contribution in [1.82, 2.24) is 5.32 Å². The molecule has 1 aliphatic heterocycles. The van der Waals surface area contributed by atoms with Gasteiger partial charge >= 0.3 is 0 Å². The zero-order valence-electron chi connectivity index (χ0n) is 16.1. The molecule has 2 N–H and O–H groups in total. The number of nitrogens with one attached hydrogen (secondary N) is 2. The third-order valence-electron chi connectivity index (χ3n) is 4.74. The molecular weight excluding hydrogens is 415 g/mol. The van der Waals surface area contributed by atoms with Gasteiger partial charge in [-0.1, -0.05) is 17.7 Å². The van der Waals surface area contributed by atoms with E-state index in [9.17, 15) is 24.1 Å². The molecule has 158 valence electrons. The lowest BCUT2D eigenvalue weighted by atomic mass is 10.1. The van der Waals surface area contributed by atoms with E-state index in [1.807, 2.05) is 0 Å². The number of rotatable bonds is 7. The number of nitro groups is 1. The Bertz CT molecular complexity index is 987. The van der Waals surface area contributed by atoms with Gasteiger partial charge in [-0.15, -0.1) is 0 Å². The molecule has 0 aliphatic carbocycles. The van der Waals surface area contributed by atoms with E-state index in [-0.39, 0.29) is 35.0 Å². The van der Waals surface area contributed by atoms with Crippen LogP contribution in [0.15, 0.2) is 42.5 Å². The zero-order valence-corrected chi connectivity index (χ0v) is 16.9. The van der Waals surface area contributed by atoms with Gasteiger partial charge in [0.25, 0.3) is 5.69 Å². The van der Waals surface area contributed by atoms with E-state index in [4.69, 9.17) is 11.6 Å². The van der Waals surface area contributed by atoms with Crippen LogP contribution in [0.4, 0.5) is 21.5 Å². The summed E-state index contributed by atoms with van der Waals surface area (Å²) in [6, 6.07) is 9.06. The molecule has 1 fully saturated rings. The molecule has 0 saturated carbocycles. The minimum absolute atomic E-state index is 0.0107. The van der Waals surface area contributed by atoms with Crippen LogP contribution in [-0.4, -0.2) is 35.4 Å². The molecule has 0 aromatic heterocycles. The first-order valence-electron chi connectivity index (χ1n) is 9.31. The van der Waals surface area contributed by atoms with Crippen LogP contribution in [0.3, 0.4) is 0 Å². The lowest BCUT2D eigenvalue weighted by Crippen LogP contribution is -2.43. The number of halogens is 2. The number of carbonyl (C=O) groups is 2. The highest BCUT2D eigenvalue weighted by molar-refractivity contribution is 6.30. The second-order valence-electron chi connectivity index (χ2n) is 7.06. The number of nitro benzene ring substituents is 1. The van der Waals surface area contributed by atoms with E-state index >= 15 is 0 Å². The van der Waals surface area contributed by atoms with Gasteiger partial charge in [-0.2, -0.15) is 0 Å². The van der Waals surface area contributed by atoms with Crippen LogP contribution in [0.1, 0.15) is 19.8 Å². The van der Waals surface area contributed by atoms with Crippen LogP contribution < -0.4 is 15.5 Å². The Morgan fingerprint density at radius 3 is 2.83 bits per heavy atom. The summed E-state index contributed by atoms with van der Waals surface area (Å²) < 4.78 is 13.7. The molecular formula is C20H20ClFN4O4. The highest BCUT2D eigenvalue weighted by Crippen LogP contribution is 2.26. The summed E-state index contributed by atoms with van der Waals surface area (Å²) in [6.45, 7) is 2.19. The van der Waals surface area contributed by atoms with Crippen molar-refractivity contribution in [2.75, 3.05) is 16.8 Å². The summed E-state index contributed by atoms with van der Waals surface area (Å²) >= 11 is 5.69. The minimum atomic E-state index is -0.593. The largest absolute Gasteiger partial charge is 0.326 e. The van der Waals surface area contributed by atoms with Crippen molar-refractivity contribution in [3.63, 3.8) is 0 Å². The molecule has 3 rings (SSSR count). The van der Waals surface area contributed by atoms with Crippen LogP contribution in [0.25, 0.3) is 0 Å². The first-order valence-corrected chi connectivity index (χ1v) is 9.69. The van der Waals surface area contributed by atoms with Crippen molar-refractivity contribution in [2.45, 2.75) is 31.8 Å². The molecule has 2 atom stereocenters. The normalized spacial score (nSPS) is 17.1. The molecule has 1 heterocycles. The summed E-state index contributed by atoms with van der Waals surface area (Å²) in [7, 11) is 0. The number of hydrogen-bond acceptors (Lipinski definition) is 5. The van der Waals surface area contributed by atoms with E-state index in [2.05, 4.69) is 10.6 Å². The van der Waals surface area contributed by atoms with Crippen LogP contribution in [0, 0.1) is 15.9 Å². The maximum atomic E-state index is 13.7. The lowest BCUT2D eigenvalue weighted by Gasteiger charge is -2.20. The van der Waals surface area contributed by atoms with Gasteiger partial charge in [0.05, 0.1) is 16.0 Å². The standard InChI is InChI=1S/C20H20ClFN4O4/c1-12(9-19(27)24-13-3-2-4-15(10-13)26(29)30)23-18-7-8-25(20(18)28)14-5-6-16(21)17(22)11-14/h2-6,10-12,18,23H,7-9H2,1H3,(H,24,27)/t12-,18-/m1/s1. The number of hydrogen-bond donors (Lipinski definition) is 2. The Labute approximate surface area is 177 Å². The van der Waals surface area contributed by atoms with E-state index in [0.717, 1.165) is 0 Å². The summed E-state index contributed by atoms with van der Waals surface area (Å²) in [5.41, 5.74) is 0.644. The number of carbonyl (C=O) groups excluding carboxylic acids is 2. The number of benzene rings is 2. The van der Waals surface area contributed by atoms with Crippen molar-refractivity contribution < 1.29 is 18.9 Å². The smallest absolute Gasteiger partial charge is 0.271 e. The number of amides is 2. The summed E-state index contributed by atoms with van der Waals surface area (Å²) in [4.78, 5) is 36.7. The fourth-order valence-electron chi connectivity index (χ4n) is 3.33. The molecule has 1 aliphatic rings. The summed E-state index contributed by atoms with van der Waals surface area (Å²) in [6.07, 6.45) is 0.585. The van der Waals surface area contributed by atoms with E-state index in [1.54, 1.807) is 19.1 Å². The highest BCUT2D eigenvalue weighted by Gasteiger charge is 2.33. The Morgan fingerprint density at radius 2 is 2.13 bits per heavy atom. The second-order valence-corrected chi connectivity index (χ2v) is 7.46. The van der Waals surface area contributed by atoms with Crippen LogP contribution in [0.5, 0.6) is 0 Å². The van der Waals surface area contributed by atoms with Crippen molar-refractivity contribution in [3.05, 3.63) is 63.4 Å². The van der Waals surface area contributed by atoms with E-state index in [0.29, 0.717) is 24.3 Å². The SMILES string of the molecule is C[C@H](CC(=O)Nc1cccc([N+](=O)[O-])c1)N[C@@H]1CCN(c2ccc(Cl)c(F)c2)C1=O. The first-order chi connectivity index (χ1) is 14.2. The quantitative estimate of drug-likeness (QED) is 0.512. The van der Waals surface area contributed by atoms with Crippen molar-refractivity contribution in [1.29, 1.82) is 0 Å². The highest BCUT2D eigenvalue weighted by atomic mass is 35.5. The van der Waals surface area contributed by atoms with Crippen molar-refractivity contribution in [3.8, 4) is 0 Å². The van der Waals surface area contributed by atoms with Crippen LogP contribution >= 0.6 is 11.6 Å². The maximum absolute atomic E-state index is 13.7. The molecule has 30 heavy (non-hydrogen) atoms. The molecule has 0 spiro atoms. The number of anilines is 2. The minimum Gasteiger partial charge on any atom is -0.326 e. The second kappa shape index (κ2) is 9.19. The van der Waals surface area contributed by atoms with Gasteiger partial charge in [0, 0.05) is 42.5 Å². The molecule has 0 unspecified atom stereocenters. The zero-order chi connectivity index (χ0) is 21.8. The Hall–Kier alpha value is -3.04. The topological polar surface area (TPSA) is 105 Å². The van der Waals surface area contributed by atoms with Crippen molar-refractivity contribution in [2.24, 2.45) is 0 Å². The van der Waals surface area contributed by atoms with E-state index in [1.165, 1.54) is 35.2 Å². The Morgan fingerprint density at radius 1 is 1.37 bits per heavy atom. The van der Waals surface area contributed by atoms with Crippen molar-refractivity contribution >= 4 is 40.5 Å². The maximum Gasteiger partial charge on any atom is 0.271 e. The monoisotopic (exact) mass is 434 g/mol. The van der Waals surface area contributed by atoms with Crippen LogP contribution in [-0.2, 0) is 9.59 Å². The molecule has 8 nitrogen and oxygen atoms in total. The van der Waals surface area contributed by atoms with Gasteiger partial charge < -0.3 is 15.5 Å². The van der Waals surface area contributed by atoms with Crippen LogP contribution in [0.2, 0.25) is 5.02 Å². The molecule has 2 aromatic rings.